The monoisotopic (exact) mass is 185 g/mol. The van der Waals surface area contributed by atoms with E-state index in [1.165, 1.54) is 6.42 Å². The lowest BCUT2D eigenvalue weighted by Crippen LogP contribution is -2.42. The van der Waals surface area contributed by atoms with Crippen molar-refractivity contribution in [3.8, 4) is 0 Å². The summed E-state index contributed by atoms with van der Waals surface area (Å²) in [6, 6.07) is 0.613. The Labute approximate surface area is 79.7 Å². The third-order valence-electron chi connectivity index (χ3n) is 3.07. The van der Waals surface area contributed by atoms with Gasteiger partial charge in [-0.05, 0) is 12.3 Å². The van der Waals surface area contributed by atoms with Crippen molar-refractivity contribution < 1.29 is 9.84 Å². The molecular weight excluding hydrogens is 166 g/mol. The van der Waals surface area contributed by atoms with Crippen LogP contribution in [-0.4, -0.2) is 48.0 Å². The molecule has 13 heavy (non-hydrogen) atoms. The molecule has 0 amide bonds. The molecule has 76 valence electrons. The average molecular weight is 185 g/mol. The summed E-state index contributed by atoms with van der Waals surface area (Å²) in [6.45, 7) is 6.78. The topological polar surface area (TPSA) is 32.7 Å². The molecule has 3 unspecified atom stereocenters. The molecule has 0 aromatic heterocycles. The number of hydrogen-bond acceptors (Lipinski definition) is 3. The predicted octanol–water partition coefficient (Wildman–Crippen LogP) is 0.476. The van der Waals surface area contributed by atoms with Crippen LogP contribution in [0, 0.1) is 5.92 Å². The highest BCUT2D eigenvalue weighted by atomic mass is 16.5. The molecule has 1 saturated carbocycles. The van der Waals surface area contributed by atoms with E-state index in [0.717, 1.165) is 19.7 Å². The standard InChI is InChI=1S/C10H19NO2/c1-7(2)9(12)6-11-3-4-13-10-5-8(10)11/h7-10,12H,3-6H2,1-2H3. The molecule has 1 heterocycles. The molecule has 0 aromatic carbocycles. The van der Waals surface area contributed by atoms with E-state index in [0.29, 0.717) is 18.1 Å². The fourth-order valence-electron chi connectivity index (χ4n) is 1.89. The summed E-state index contributed by atoms with van der Waals surface area (Å²) in [4.78, 5) is 2.37. The number of ether oxygens (including phenoxy) is 1. The van der Waals surface area contributed by atoms with E-state index < -0.39 is 0 Å². The van der Waals surface area contributed by atoms with E-state index in [1.54, 1.807) is 0 Å². The largest absolute Gasteiger partial charge is 0.392 e. The Morgan fingerprint density at radius 3 is 3.00 bits per heavy atom. The van der Waals surface area contributed by atoms with Crippen LogP contribution in [0.2, 0.25) is 0 Å². The number of fused-ring (bicyclic) bond motifs is 1. The molecule has 2 rings (SSSR count). The van der Waals surface area contributed by atoms with E-state index in [2.05, 4.69) is 18.7 Å². The Bertz CT molecular complexity index is 184. The van der Waals surface area contributed by atoms with Crippen LogP contribution in [0.25, 0.3) is 0 Å². The summed E-state index contributed by atoms with van der Waals surface area (Å²) in [5, 5.41) is 9.73. The SMILES string of the molecule is CC(C)C(O)CN1CCOC2CC21. The zero-order valence-electron chi connectivity index (χ0n) is 8.44. The number of nitrogens with zero attached hydrogens (tertiary/aromatic N) is 1. The number of β-amino-alcohol motifs (C(OH)–C–C–N with tert-alkyl or cyclic N) is 1. The van der Waals surface area contributed by atoms with Gasteiger partial charge in [-0.3, -0.25) is 4.90 Å². The molecule has 2 aliphatic rings. The Kier molecular flexibility index (Phi) is 2.58. The second kappa shape index (κ2) is 3.56. The Balaban J connectivity index is 1.80. The maximum atomic E-state index is 9.73. The normalized spacial score (nSPS) is 36.0. The zero-order valence-corrected chi connectivity index (χ0v) is 8.44. The molecule has 3 nitrogen and oxygen atoms in total. The van der Waals surface area contributed by atoms with Crippen molar-refractivity contribution in [1.29, 1.82) is 0 Å². The summed E-state index contributed by atoms with van der Waals surface area (Å²) < 4.78 is 5.50. The second-order valence-electron chi connectivity index (χ2n) is 4.52. The fourth-order valence-corrected chi connectivity index (χ4v) is 1.89. The first-order valence-corrected chi connectivity index (χ1v) is 5.22. The molecule has 0 spiro atoms. The van der Waals surface area contributed by atoms with Gasteiger partial charge in [0.15, 0.2) is 0 Å². The summed E-state index contributed by atoms with van der Waals surface area (Å²) in [7, 11) is 0. The second-order valence-corrected chi connectivity index (χ2v) is 4.52. The first-order chi connectivity index (χ1) is 6.18. The van der Waals surface area contributed by atoms with Gasteiger partial charge < -0.3 is 9.84 Å². The van der Waals surface area contributed by atoms with Crippen molar-refractivity contribution in [2.45, 2.75) is 38.5 Å². The fraction of sp³-hybridized carbons (Fsp3) is 1.00. The average Bonchev–Trinajstić information content (AvgIpc) is 2.83. The lowest BCUT2D eigenvalue weighted by atomic mass is 10.1. The minimum Gasteiger partial charge on any atom is -0.392 e. The van der Waals surface area contributed by atoms with Crippen LogP contribution in [0.4, 0.5) is 0 Å². The van der Waals surface area contributed by atoms with Crippen LogP contribution in [0.1, 0.15) is 20.3 Å². The van der Waals surface area contributed by atoms with Gasteiger partial charge in [0.1, 0.15) is 0 Å². The van der Waals surface area contributed by atoms with Crippen LogP contribution in [0.5, 0.6) is 0 Å². The van der Waals surface area contributed by atoms with Crippen LogP contribution >= 0.6 is 0 Å². The van der Waals surface area contributed by atoms with Crippen LogP contribution in [0.15, 0.2) is 0 Å². The molecule has 0 bridgehead atoms. The first kappa shape index (κ1) is 9.44. The lowest BCUT2D eigenvalue weighted by Gasteiger charge is -2.29. The van der Waals surface area contributed by atoms with E-state index in [4.69, 9.17) is 4.74 Å². The zero-order chi connectivity index (χ0) is 9.42. The quantitative estimate of drug-likeness (QED) is 0.694. The van der Waals surface area contributed by atoms with E-state index >= 15 is 0 Å². The van der Waals surface area contributed by atoms with Crippen LogP contribution < -0.4 is 0 Å². The molecule has 1 N–H and O–H groups in total. The number of aliphatic hydroxyl groups excluding tert-OH is 1. The minimum atomic E-state index is -0.181. The third-order valence-corrected chi connectivity index (χ3v) is 3.07. The highest BCUT2D eigenvalue weighted by molar-refractivity contribution is 4.99. The number of morpholine rings is 1. The van der Waals surface area contributed by atoms with Crippen molar-refractivity contribution in [2.24, 2.45) is 5.92 Å². The van der Waals surface area contributed by atoms with Gasteiger partial charge in [0.25, 0.3) is 0 Å². The molecule has 2 fully saturated rings. The maximum absolute atomic E-state index is 9.73. The smallest absolute Gasteiger partial charge is 0.0747 e. The predicted molar refractivity (Wildman–Crippen MR) is 50.6 cm³/mol. The number of aliphatic hydroxyl groups is 1. The summed E-state index contributed by atoms with van der Waals surface area (Å²) >= 11 is 0. The summed E-state index contributed by atoms with van der Waals surface area (Å²) in [5.41, 5.74) is 0. The van der Waals surface area contributed by atoms with Gasteiger partial charge in [0.05, 0.1) is 18.8 Å². The number of rotatable bonds is 3. The van der Waals surface area contributed by atoms with E-state index in [-0.39, 0.29) is 6.10 Å². The van der Waals surface area contributed by atoms with Gasteiger partial charge >= 0.3 is 0 Å². The molecule has 0 aromatic rings. The molecule has 1 aliphatic carbocycles. The van der Waals surface area contributed by atoms with Crippen molar-refractivity contribution in [3.05, 3.63) is 0 Å². The van der Waals surface area contributed by atoms with E-state index in [1.807, 2.05) is 0 Å². The van der Waals surface area contributed by atoms with Crippen LogP contribution in [-0.2, 0) is 4.74 Å². The van der Waals surface area contributed by atoms with Gasteiger partial charge in [-0.25, -0.2) is 0 Å². The summed E-state index contributed by atoms with van der Waals surface area (Å²) in [5.74, 6) is 0.361. The third kappa shape index (κ3) is 2.03. The van der Waals surface area contributed by atoms with Crippen LogP contribution in [0.3, 0.4) is 0 Å². The summed E-state index contributed by atoms with van der Waals surface area (Å²) in [6.07, 6.45) is 1.47. The number of hydrogen-bond donors (Lipinski definition) is 1. The first-order valence-electron chi connectivity index (χ1n) is 5.22. The highest BCUT2D eigenvalue weighted by Crippen LogP contribution is 2.34. The molecule has 0 radical (unpaired) electrons. The molecule has 3 atom stereocenters. The highest BCUT2D eigenvalue weighted by Gasteiger charge is 2.45. The molecule has 1 aliphatic heterocycles. The van der Waals surface area contributed by atoms with Crippen molar-refractivity contribution >= 4 is 0 Å². The van der Waals surface area contributed by atoms with Gasteiger partial charge in [-0.1, -0.05) is 13.8 Å². The molecule has 1 saturated heterocycles. The molecular formula is C10H19NO2. The van der Waals surface area contributed by atoms with E-state index in [9.17, 15) is 5.11 Å². The molecule has 3 heteroatoms. The van der Waals surface area contributed by atoms with Gasteiger partial charge in [-0.2, -0.15) is 0 Å². The Morgan fingerprint density at radius 2 is 2.31 bits per heavy atom. The van der Waals surface area contributed by atoms with Gasteiger partial charge in [0.2, 0.25) is 0 Å². The van der Waals surface area contributed by atoms with Gasteiger partial charge in [-0.15, -0.1) is 0 Å². The van der Waals surface area contributed by atoms with Crippen molar-refractivity contribution in [3.63, 3.8) is 0 Å². The van der Waals surface area contributed by atoms with Gasteiger partial charge in [0, 0.05) is 19.1 Å². The maximum Gasteiger partial charge on any atom is 0.0747 e. The minimum absolute atomic E-state index is 0.181. The Morgan fingerprint density at radius 1 is 1.54 bits per heavy atom. The van der Waals surface area contributed by atoms with Crippen molar-refractivity contribution in [2.75, 3.05) is 19.7 Å². The lowest BCUT2D eigenvalue weighted by molar-refractivity contribution is 0.00136. The Hall–Kier alpha value is -0.120. The van der Waals surface area contributed by atoms with Crippen molar-refractivity contribution in [1.82, 2.24) is 4.90 Å².